The molecular weight excluding hydrogens is 332 g/mol. The third-order valence-corrected chi connectivity index (χ3v) is 4.96. The van der Waals surface area contributed by atoms with E-state index >= 15 is 0 Å². The molecular formula is C11H13BrN4O2S. The van der Waals surface area contributed by atoms with Crippen LogP contribution < -0.4 is 5.73 Å². The molecule has 8 heteroatoms. The fourth-order valence-electron chi connectivity index (χ4n) is 1.74. The van der Waals surface area contributed by atoms with E-state index in [1.807, 2.05) is 6.92 Å². The Morgan fingerprint density at radius 2 is 2.05 bits per heavy atom. The van der Waals surface area contributed by atoms with Crippen LogP contribution in [0.2, 0.25) is 0 Å². The average molecular weight is 345 g/mol. The predicted molar refractivity (Wildman–Crippen MR) is 75.8 cm³/mol. The number of hydrogen-bond acceptors (Lipinski definition) is 5. The molecule has 0 unspecified atom stereocenters. The van der Waals surface area contributed by atoms with Gasteiger partial charge in [0.2, 0.25) is 10.7 Å². The van der Waals surface area contributed by atoms with E-state index in [0.29, 0.717) is 16.8 Å². The SMILES string of the molecule is CCCS(=O)(=O)c1ccccc1-n1nc(N)nc1Br. The summed E-state index contributed by atoms with van der Waals surface area (Å²) in [6.45, 7) is 1.82. The molecule has 0 spiro atoms. The van der Waals surface area contributed by atoms with Crippen LogP contribution in [-0.4, -0.2) is 28.9 Å². The van der Waals surface area contributed by atoms with Gasteiger partial charge >= 0.3 is 0 Å². The highest BCUT2D eigenvalue weighted by molar-refractivity contribution is 9.10. The van der Waals surface area contributed by atoms with Crippen molar-refractivity contribution in [2.24, 2.45) is 0 Å². The molecule has 0 radical (unpaired) electrons. The summed E-state index contributed by atoms with van der Waals surface area (Å²) in [4.78, 5) is 4.13. The first-order valence-electron chi connectivity index (χ1n) is 5.66. The minimum Gasteiger partial charge on any atom is -0.366 e. The lowest BCUT2D eigenvalue weighted by Crippen LogP contribution is -2.11. The number of benzene rings is 1. The molecule has 1 aromatic carbocycles. The number of sulfone groups is 1. The Labute approximate surface area is 119 Å². The maximum atomic E-state index is 12.2. The normalized spacial score (nSPS) is 11.7. The van der Waals surface area contributed by atoms with E-state index in [2.05, 4.69) is 26.0 Å². The van der Waals surface area contributed by atoms with Gasteiger partial charge < -0.3 is 5.73 Å². The van der Waals surface area contributed by atoms with E-state index in [0.717, 1.165) is 0 Å². The van der Waals surface area contributed by atoms with E-state index in [1.165, 1.54) is 4.68 Å². The number of nitrogens with two attached hydrogens (primary N) is 1. The molecule has 0 bridgehead atoms. The van der Waals surface area contributed by atoms with Crippen molar-refractivity contribution in [2.75, 3.05) is 11.5 Å². The highest BCUT2D eigenvalue weighted by atomic mass is 79.9. The monoisotopic (exact) mass is 344 g/mol. The highest BCUT2D eigenvalue weighted by Crippen LogP contribution is 2.24. The van der Waals surface area contributed by atoms with Crippen molar-refractivity contribution in [1.29, 1.82) is 0 Å². The van der Waals surface area contributed by atoms with Crippen LogP contribution in [0.1, 0.15) is 13.3 Å². The largest absolute Gasteiger partial charge is 0.366 e. The third kappa shape index (κ3) is 2.79. The molecule has 2 rings (SSSR count). The quantitative estimate of drug-likeness (QED) is 0.912. The molecule has 0 atom stereocenters. The number of halogens is 1. The van der Waals surface area contributed by atoms with Crippen molar-refractivity contribution in [1.82, 2.24) is 14.8 Å². The standard InChI is InChI=1S/C11H13BrN4O2S/c1-2-7-19(17,18)9-6-4-3-5-8(9)16-10(12)14-11(13)15-16/h3-6H,2,7H2,1H3,(H2,13,15). The second-order valence-corrected chi connectivity index (χ2v) is 6.72. The Morgan fingerprint density at radius 1 is 1.37 bits per heavy atom. The van der Waals surface area contributed by atoms with Gasteiger partial charge in [-0.25, -0.2) is 13.1 Å². The molecule has 2 N–H and O–H groups in total. The van der Waals surface area contributed by atoms with Gasteiger partial charge in [-0.1, -0.05) is 19.1 Å². The first-order chi connectivity index (χ1) is 8.95. The number of rotatable bonds is 4. The fraction of sp³-hybridized carbons (Fsp3) is 0.273. The van der Waals surface area contributed by atoms with Gasteiger partial charge in [0.15, 0.2) is 9.84 Å². The maximum Gasteiger partial charge on any atom is 0.240 e. The number of aromatic nitrogens is 3. The minimum absolute atomic E-state index is 0.0783. The Balaban J connectivity index is 2.63. The Morgan fingerprint density at radius 3 is 2.63 bits per heavy atom. The first kappa shape index (κ1) is 14.0. The van der Waals surface area contributed by atoms with Gasteiger partial charge in [0.25, 0.3) is 0 Å². The molecule has 19 heavy (non-hydrogen) atoms. The van der Waals surface area contributed by atoms with E-state index in [9.17, 15) is 8.42 Å². The van der Waals surface area contributed by atoms with E-state index in [4.69, 9.17) is 5.73 Å². The summed E-state index contributed by atoms with van der Waals surface area (Å²) in [5.41, 5.74) is 5.95. The summed E-state index contributed by atoms with van der Waals surface area (Å²) >= 11 is 3.21. The van der Waals surface area contributed by atoms with E-state index in [-0.39, 0.29) is 16.6 Å². The molecule has 1 heterocycles. The van der Waals surface area contributed by atoms with Gasteiger partial charge in [0, 0.05) is 0 Å². The fourth-order valence-corrected chi connectivity index (χ4v) is 3.70. The van der Waals surface area contributed by atoms with Gasteiger partial charge in [-0.15, -0.1) is 5.10 Å². The number of hydrogen-bond donors (Lipinski definition) is 1. The molecule has 0 fully saturated rings. The van der Waals surface area contributed by atoms with Crippen molar-refractivity contribution in [3.05, 3.63) is 29.0 Å². The summed E-state index contributed by atoms with van der Waals surface area (Å²) in [5, 5.41) is 3.99. The van der Waals surface area contributed by atoms with Gasteiger partial charge in [-0.2, -0.15) is 4.98 Å². The molecule has 0 amide bonds. The molecule has 1 aromatic heterocycles. The van der Waals surface area contributed by atoms with Crippen LogP contribution in [0.25, 0.3) is 5.69 Å². The topological polar surface area (TPSA) is 90.9 Å². The van der Waals surface area contributed by atoms with Gasteiger partial charge in [0.1, 0.15) is 0 Å². The zero-order valence-electron chi connectivity index (χ0n) is 10.2. The molecule has 0 aliphatic carbocycles. The van der Waals surface area contributed by atoms with E-state index < -0.39 is 9.84 Å². The summed E-state index contributed by atoms with van der Waals surface area (Å²) in [5.74, 6) is 0.167. The van der Waals surface area contributed by atoms with Crippen molar-refractivity contribution >= 4 is 31.7 Å². The lowest BCUT2D eigenvalue weighted by atomic mass is 10.3. The third-order valence-electron chi connectivity index (χ3n) is 2.49. The molecule has 6 nitrogen and oxygen atoms in total. The average Bonchev–Trinajstić information content (AvgIpc) is 2.68. The van der Waals surface area contributed by atoms with Crippen molar-refractivity contribution in [3.63, 3.8) is 0 Å². The molecule has 0 aliphatic rings. The summed E-state index contributed by atoms with van der Waals surface area (Å²) in [7, 11) is -3.35. The van der Waals surface area contributed by atoms with Gasteiger partial charge in [-0.05, 0) is 34.5 Å². The smallest absolute Gasteiger partial charge is 0.240 e. The Hall–Kier alpha value is -1.41. The predicted octanol–water partition coefficient (Wildman–Crippen LogP) is 1.80. The van der Waals surface area contributed by atoms with Crippen molar-refractivity contribution in [3.8, 4) is 5.69 Å². The number of nitrogen functional groups attached to an aromatic ring is 1. The zero-order valence-corrected chi connectivity index (χ0v) is 12.6. The number of anilines is 1. The van der Waals surface area contributed by atoms with E-state index in [1.54, 1.807) is 24.3 Å². The lowest BCUT2D eigenvalue weighted by molar-refractivity contribution is 0.593. The minimum atomic E-state index is -3.35. The number of para-hydroxylation sites is 1. The van der Waals surface area contributed by atoms with Crippen LogP contribution in [0.5, 0.6) is 0 Å². The Kier molecular flexibility index (Phi) is 3.91. The van der Waals surface area contributed by atoms with Crippen LogP contribution in [-0.2, 0) is 9.84 Å². The van der Waals surface area contributed by atoms with Gasteiger partial charge in [0.05, 0.1) is 16.3 Å². The molecule has 2 aromatic rings. The molecule has 0 saturated heterocycles. The molecule has 0 saturated carbocycles. The van der Waals surface area contributed by atoms with Crippen molar-refractivity contribution < 1.29 is 8.42 Å². The van der Waals surface area contributed by atoms with Crippen LogP contribution in [0, 0.1) is 0 Å². The van der Waals surface area contributed by atoms with Crippen LogP contribution in [0.4, 0.5) is 5.95 Å². The summed E-state index contributed by atoms with van der Waals surface area (Å²) < 4.78 is 26.2. The van der Waals surface area contributed by atoms with Gasteiger partial charge in [-0.3, -0.25) is 0 Å². The summed E-state index contributed by atoms with van der Waals surface area (Å²) in [6, 6.07) is 6.65. The highest BCUT2D eigenvalue weighted by Gasteiger charge is 2.20. The maximum absolute atomic E-state index is 12.2. The first-order valence-corrected chi connectivity index (χ1v) is 8.10. The zero-order chi connectivity index (χ0) is 14.0. The molecule has 102 valence electrons. The van der Waals surface area contributed by atoms with Crippen LogP contribution >= 0.6 is 15.9 Å². The summed E-state index contributed by atoms with van der Waals surface area (Å²) in [6.07, 6.45) is 0.553. The lowest BCUT2D eigenvalue weighted by Gasteiger charge is -2.09. The second-order valence-electron chi connectivity index (χ2n) is 3.94. The Bertz CT molecular complexity index is 696. The van der Waals surface area contributed by atoms with Crippen LogP contribution in [0.3, 0.4) is 0 Å². The number of nitrogens with zero attached hydrogens (tertiary/aromatic N) is 3. The second kappa shape index (κ2) is 5.30. The van der Waals surface area contributed by atoms with Crippen LogP contribution in [0.15, 0.2) is 33.9 Å². The van der Waals surface area contributed by atoms with Crippen molar-refractivity contribution in [2.45, 2.75) is 18.2 Å². The molecule has 0 aliphatic heterocycles.